The molecule has 1 amide bonds. The number of hydrogen-bond acceptors (Lipinski definition) is 8. The first-order valence-corrected chi connectivity index (χ1v) is 15.4. The molecule has 2 aromatic heterocycles. The van der Waals surface area contributed by atoms with Gasteiger partial charge < -0.3 is 24.1 Å². The lowest BCUT2D eigenvalue weighted by molar-refractivity contribution is 0.0155. The van der Waals surface area contributed by atoms with E-state index in [1.54, 1.807) is 49.9 Å². The Bertz CT molecular complexity index is 1860. The van der Waals surface area contributed by atoms with E-state index in [0.29, 0.717) is 46.6 Å². The van der Waals surface area contributed by atoms with Gasteiger partial charge in [-0.2, -0.15) is 9.97 Å². The topological polar surface area (TPSA) is 88.3 Å². The van der Waals surface area contributed by atoms with Crippen molar-refractivity contribution >= 4 is 45.2 Å². The summed E-state index contributed by atoms with van der Waals surface area (Å²) in [6, 6.07) is 7.50. The van der Waals surface area contributed by atoms with Crippen molar-refractivity contribution in [2.75, 3.05) is 57.8 Å². The van der Waals surface area contributed by atoms with Gasteiger partial charge in [0.1, 0.15) is 34.5 Å². The van der Waals surface area contributed by atoms with Gasteiger partial charge in [0.2, 0.25) is 6.54 Å². The number of nitrogens with zero attached hydrogens (tertiary/aromatic N) is 7. The van der Waals surface area contributed by atoms with E-state index in [0.717, 1.165) is 13.1 Å². The number of likely N-dealkylation sites (tertiary alicyclic amines) is 1. The fourth-order valence-electron chi connectivity index (χ4n) is 6.02. The van der Waals surface area contributed by atoms with E-state index in [1.165, 1.54) is 12.3 Å². The van der Waals surface area contributed by atoms with E-state index in [9.17, 15) is 9.18 Å². The summed E-state index contributed by atoms with van der Waals surface area (Å²) in [4.78, 5) is 35.9. The molecule has 0 radical (unpaired) electrons. The summed E-state index contributed by atoms with van der Waals surface area (Å²) in [5.74, 6) is -0.681. The molecule has 0 saturated carbocycles. The highest BCUT2D eigenvalue weighted by atomic mass is 35.5. The van der Waals surface area contributed by atoms with Crippen LogP contribution in [0.1, 0.15) is 20.8 Å². The molecule has 4 heterocycles. The molecule has 240 valence electrons. The molecule has 0 aliphatic carbocycles. The monoisotopic (exact) mass is 649 g/mol. The summed E-state index contributed by atoms with van der Waals surface area (Å²) in [5.41, 5.74) is -0.425. The van der Waals surface area contributed by atoms with Crippen LogP contribution in [0.2, 0.25) is 5.02 Å². The standard InChI is InChI=1S/C33H34ClF2N7O3/c1-33(2,3)46-32(44)43-12-11-42(17-21(43)13-37-4)30-23-14-38-28(22-8-6-7-20-9-10-24(35)26(34)25(20)22)27(36)29(23)39-31(40-30)45-18-19-15-41(5)16-19/h6-10,14,19,21H,11-13,15-18H2,1-3,5H3/t21-/m0/s1. The van der Waals surface area contributed by atoms with Gasteiger partial charge in [0.25, 0.3) is 0 Å². The lowest BCUT2D eigenvalue weighted by atomic mass is 10.0. The Morgan fingerprint density at radius 2 is 1.91 bits per heavy atom. The van der Waals surface area contributed by atoms with E-state index < -0.39 is 29.4 Å². The zero-order valence-electron chi connectivity index (χ0n) is 26.1. The van der Waals surface area contributed by atoms with Gasteiger partial charge in [-0.05, 0) is 39.3 Å². The summed E-state index contributed by atoms with van der Waals surface area (Å²) >= 11 is 6.37. The van der Waals surface area contributed by atoms with Crippen LogP contribution in [0, 0.1) is 24.1 Å². The van der Waals surface area contributed by atoms with Crippen LogP contribution in [0.15, 0.2) is 36.5 Å². The molecule has 0 N–H and O–H groups in total. The van der Waals surface area contributed by atoms with Gasteiger partial charge in [0.15, 0.2) is 5.82 Å². The number of benzene rings is 2. The summed E-state index contributed by atoms with van der Waals surface area (Å²) in [6.45, 7) is 15.9. The first-order chi connectivity index (χ1) is 21.9. The third kappa shape index (κ3) is 6.22. The molecule has 46 heavy (non-hydrogen) atoms. The fourth-order valence-corrected chi connectivity index (χ4v) is 6.29. The molecule has 0 spiro atoms. The van der Waals surface area contributed by atoms with Crippen LogP contribution in [-0.2, 0) is 4.74 Å². The molecular weight excluding hydrogens is 616 g/mol. The summed E-state index contributed by atoms with van der Waals surface area (Å²) in [7, 11) is 2.02. The summed E-state index contributed by atoms with van der Waals surface area (Å²) < 4.78 is 42.8. The minimum atomic E-state index is -0.729. The highest BCUT2D eigenvalue weighted by Gasteiger charge is 2.37. The van der Waals surface area contributed by atoms with Crippen LogP contribution in [0.5, 0.6) is 6.01 Å². The Balaban J connectivity index is 1.42. The van der Waals surface area contributed by atoms with Gasteiger partial charge in [-0.1, -0.05) is 35.9 Å². The first-order valence-electron chi connectivity index (χ1n) is 15.1. The average molecular weight is 650 g/mol. The van der Waals surface area contributed by atoms with Crippen molar-refractivity contribution < 1.29 is 23.0 Å². The van der Waals surface area contributed by atoms with Gasteiger partial charge in [-0.3, -0.25) is 9.88 Å². The highest BCUT2D eigenvalue weighted by Crippen LogP contribution is 2.38. The minimum Gasteiger partial charge on any atom is -0.463 e. The molecule has 6 rings (SSSR count). The molecule has 2 aromatic carbocycles. The number of carbonyl (C=O) groups excluding carboxylic acids is 1. The maximum Gasteiger partial charge on any atom is 0.410 e. The molecule has 10 nitrogen and oxygen atoms in total. The van der Waals surface area contributed by atoms with E-state index in [4.69, 9.17) is 32.6 Å². The lowest BCUT2D eigenvalue weighted by Gasteiger charge is -2.40. The number of anilines is 1. The average Bonchev–Trinajstić information content (AvgIpc) is 2.99. The summed E-state index contributed by atoms with van der Waals surface area (Å²) in [6.07, 6.45) is 0.995. The second-order valence-electron chi connectivity index (χ2n) is 12.8. The Kier molecular flexibility index (Phi) is 8.56. The molecule has 1 atom stereocenters. The number of halogens is 3. The van der Waals surface area contributed by atoms with Crippen LogP contribution in [0.3, 0.4) is 0 Å². The number of ether oxygens (including phenoxy) is 2. The van der Waals surface area contributed by atoms with Crippen molar-refractivity contribution in [3.63, 3.8) is 0 Å². The first kappa shape index (κ1) is 31.6. The van der Waals surface area contributed by atoms with Crippen molar-refractivity contribution in [1.29, 1.82) is 0 Å². The number of pyridine rings is 1. The SMILES string of the molecule is [C-]#[N+]C[C@H]1CN(c2nc(OCC3CN(C)C3)nc3c(F)c(-c4cccc5ccc(F)c(Cl)c45)ncc23)CCN1C(=O)OC(C)(C)C. The van der Waals surface area contributed by atoms with Crippen molar-refractivity contribution in [3.05, 3.63) is 64.6 Å². The number of amides is 1. The van der Waals surface area contributed by atoms with Crippen LogP contribution in [-0.4, -0.2) is 95.4 Å². The molecule has 4 aromatic rings. The van der Waals surface area contributed by atoms with Crippen molar-refractivity contribution in [1.82, 2.24) is 24.8 Å². The third-order valence-electron chi connectivity index (χ3n) is 8.13. The van der Waals surface area contributed by atoms with E-state index in [1.807, 2.05) is 11.9 Å². The number of hydrogen-bond donors (Lipinski definition) is 0. The molecule has 2 fully saturated rings. The number of rotatable bonds is 6. The molecule has 0 bridgehead atoms. The van der Waals surface area contributed by atoms with Crippen molar-refractivity contribution in [3.8, 4) is 17.3 Å². The number of fused-ring (bicyclic) bond motifs is 2. The Hall–Kier alpha value is -4.34. The lowest BCUT2D eigenvalue weighted by Crippen LogP contribution is -2.57. The van der Waals surface area contributed by atoms with Gasteiger partial charge in [0.05, 0.1) is 17.0 Å². The van der Waals surface area contributed by atoms with Crippen LogP contribution >= 0.6 is 11.6 Å². The Morgan fingerprint density at radius 3 is 2.63 bits per heavy atom. The van der Waals surface area contributed by atoms with Gasteiger partial charge in [-0.25, -0.2) is 20.1 Å². The third-order valence-corrected chi connectivity index (χ3v) is 8.50. The number of aromatic nitrogens is 3. The largest absolute Gasteiger partial charge is 0.463 e. The van der Waals surface area contributed by atoms with Crippen LogP contribution < -0.4 is 9.64 Å². The van der Waals surface area contributed by atoms with Gasteiger partial charge >= 0.3 is 12.1 Å². The second-order valence-corrected chi connectivity index (χ2v) is 13.2. The Labute approximate surface area is 270 Å². The predicted octanol–water partition coefficient (Wildman–Crippen LogP) is 6.06. The van der Waals surface area contributed by atoms with Gasteiger partial charge in [0, 0.05) is 55.8 Å². The highest BCUT2D eigenvalue weighted by molar-refractivity contribution is 6.36. The summed E-state index contributed by atoms with van der Waals surface area (Å²) in [5, 5.41) is 1.19. The van der Waals surface area contributed by atoms with E-state index >= 15 is 4.39 Å². The maximum absolute atomic E-state index is 16.6. The van der Waals surface area contributed by atoms with Gasteiger partial charge in [-0.15, -0.1) is 0 Å². The number of carbonyl (C=O) groups is 1. The predicted molar refractivity (Wildman–Crippen MR) is 172 cm³/mol. The minimum absolute atomic E-state index is 0.00593. The molecule has 2 aliphatic rings. The molecule has 2 saturated heterocycles. The van der Waals surface area contributed by atoms with E-state index in [2.05, 4.69) is 19.7 Å². The van der Waals surface area contributed by atoms with Crippen LogP contribution in [0.25, 0.3) is 37.8 Å². The van der Waals surface area contributed by atoms with Crippen molar-refractivity contribution in [2.45, 2.75) is 32.4 Å². The molecule has 13 heteroatoms. The normalized spacial score (nSPS) is 17.7. The quantitative estimate of drug-likeness (QED) is 0.233. The molecule has 2 aliphatic heterocycles. The number of piperazine rings is 1. The molecular formula is C33H34ClF2N7O3. The molecule has 0 unspecified atom stereocenters. The smallest absolute Gasteiger partial charge is 0.410 e. The fraction of sp³-hybridized carbons (Fsp3) is 0.424. The second kappa shape index (κ2) is 12.5. The van der Waals surface area contributed by atoms with Crippen molar-refractivity contribution in [2.24, 2.45) is 5.92 Å². The Morgan fingerprint density at radius 1 is 1.13 bits per heavy atom. The zero-order valence-corrected chi connectivity index (χ0v) is 26.8. The maximum atomic E-state index is 16.6. The van der Waals surface area contributed by atoms with Crippen LogP contribution in [0.4, 0.5) is 19.4 Å². The van der Waals surface area contributed by atoms with E-state index in [-0.39, 0.29) is 41.9 Å². The zero-order chi connectivity index (χ0) is 32.7.